The lowest BCUT2D eigenvalue weighted by Crippen LogP contribution is -2.23. The first-order valence-corrected chi connectivity index (χ1v) is 4.52. The molecule has 0 bridgehead atoms. The molecule has 1 atom stereocenters. The summed E-state index contributed by atoms with van der Waals surface area (Å²) >= 11 is 5.28. The van der Waals surface area contributed by atoms with Crippen LogP contribution in [-0.2, 0) is 6.18 Å². The molecule has 0 aliphatic heterocycles. The van der Waals surface area contributed by atoms with E-state index < -0.39 is 29.6 Å². The summed E-state index contributed by atoms with van der Waals surface area (Å²) in [6, 6.07) is 1.69. The summed E-state index contributed by atoms with van der Waals surface area (Å²) in [5.74, 6) is 0. The third kappa shape index (κ3) is 3.26. The maximum atomic E-state index is 12.4. The smallest absolute Gasteiger partial charge is 0.379 e. The van der Waals surface area contributed by atoms with Crippen molar-refractivity contribution in [1.82, 2.24) is 0 Å². The Morgan fingerprint density at radius 2 is 1.59 bits per heavy atom. The van der Waals surface area contributed by atoms with Crippen molar-refractivity contribution in [3.05, 3.63) is 34.3 Å². The van der Waals surface area contributed by atoms with E-state index in [1.165, 1.54) is 0 Å². The zero-order chi connectivity index (χ0) is 13.4. The zero-order valence-corrected chi connectivity index (χ0v) is 8.66. The Kier molecular flexibility index (Phi) is 3.63. The van der Waals surface area contributed by atoms with E-state index in [9.17, 15) is 26.3 Å². The molecule has 0 spiro atoms. The molecule has 1 N–H and O–H groups in total. The van der Waals surface area contributed by atoms with Gasteiger partial charge in [0.05, 0.1) is 5.56 Å². The van der Waals surface area contributed by atoms with Crippen LogP contribution in [0, 0.1) is 0 Å². The SMILES string of the molecule is O[C@H](c1ccc(Cl)cc1C(F)(F)F)C(F)(F)F. The Hall–Kier alpha value is -0.950. The fourth-order valence-corrected chi connectivity index (χ4v) is 1.36. The summed E-state index contributed by atoms with van der Waals surface area (Å²) < 4.78 is 73.8. The van der Waals surface area contributed by atoms with Gasteiger partial charge in [-0.05, 0) is 12.1 Å². The van der Waals surface area contributed by atoms with Gasteiger partial charge in [0.15, 0.2) is 6.10 Å². The van der Waals surface area contributed by atoms with Gasteiger partial charge in [0.1, 0.15) is 0 Å². The van der Waals surface area contributed by atoms with Crippen molar-refractivity contribution in [2.45, 2.75) is 18.5 Å². The van der Waals surface area contributed by atoms with E-state index in [1.54, 1.807) is 0 Å². The first-order valence-electron chi connectivity index (χ1n) is 4.15. The van der Waals surface area contributed by atoms with Gasteiger partial charge in [0.25, 0.3) is 0 Å². The van der Waals surface area contributed by atoms with Gasteiger partial charge >= 0.3 is 12.4 Å². The fraction of sp³-hybridized carbons (Fsp3) is 0.333. The monoisotopic (exact) mass is 278 g/mol. The number of hydrogen-bond acceptors (Lipinski definition) is 1. The minimum atomic E-state index is -5.17. The molecular weight excluding hydrogens is 274 g/mol. The Labute approximate surface area is 96.6 Å². The van der Waals surface area contributed by atoms with Crippen molar-refractivity contribution in [2.75, 3.05) is 0 Å². The molecule has 1 aromatic carbocycles. The topological polar surface area (TPSA) is 20.2 Å². The second-order valence-electron chi connectivity index (χ2n) is 3.17. The molecule has 0 amide bonds. The molecular formula is C9H5ClF6O. The van der Waals surface area contributed by atoms with Crippen LogP contribution in [-0.4, -0.2) is 11.3 Å². The van der Waals surface area contributed by atoms with E-state index in [-0.39, 0.29) is 5.02 Å². The Balaban J connectivity index is 3.34. The van der Waals surface area contributed by atoms with Crippen molar-refractivity contribution in [2.24, 2.45) is 0 Å². The highest BCUT2D eigenvalue weighted by molar-refractivity contribution is 6.30. The van der Waals surface area contributed by atoms with Crippen LogP contribution >= 0.6 is 11.6 Å². The first-order chi connectivity index (χ1) is 7.53. The lowest BCUT2D eigenvalue weighted by Gasteiger charge is -2.19. The molecule has 96 valence electrons. The summed E-state index contributed by atoms with van der Waals surface area (Å²) in [7, 11) is 0. The molecule has 0 aliphatic carbocycles. The Bertz CT molecular complexity index is 411. The normalized spacial score (nSPS) is 14.8. The molecule has 0 saturated heterocycles. The van der Waals surface area contributed by atoms with Crippen LogP contribution < -0.4 is 0 Å². The van der Waals surface area contributed by atoms with Gasteiger partial charge in [-0.2, -0.15) is 26.3 Å². The molecule has 0 fully saturated rings. The van der Waals surface area contributed by atoms with E-state index in [1.807, 2.05) is 0 Å². The standard InChI is InChI=1S/C9H5ClF6O/c10-4-1-2-5(7(17)9(14,15)16)6(3-4)8(11,12)13/h1-3,7,17H/t7-/m1/s1. The van der Waals surface area contributed by atoms with E-state index >= 15 is 0 Å². The van der Waals surface area contributed by atoms with Crippen molar-refractivity contribution in [3.8, 4) is 0 Å². The molecule has 0 aromatic heterocycles. The first kappa shape index (κ1) is 14.1. The maximum Gasteiger partial charge on any atom is 0.418 e. The number of alkyl halides is 6. The van der Waals surface area contributed by atoms with Crippen molar-refractivity contribution in [1.29, 1.82) is 0 Å². The molecule has 0 radical (unpaired) electrons. The predicted octanol–water partition coefficient (Wildman–Crippen LogP) is 3.95. The summed E-state index contributed by atoms with van der Waals surface area (Å²) in [6.45, 7) is 0. The fourth-order valence-electron chi connectivity index (χ4n) is 1.19. The molecule has 0 unspecified atom stereocenters. The highest BCUT2D eigenvalue weighted by Gasteiger charge is 2.44. The molecule has 17 heavy (non-hydrogen) atoms. The van der Waals surface area contributed by atoms with Gasteiger partial charge in [-0.1, -0.05) is 17.7 Å². The van der Waals surface area contributed by atoms with Gasteiger partial charge < -0.3 is 5.11 Å². The van der Waals surface area contributed by atoms with Gasteiger partial charge in [-0.15, -0.1) is 0 Å². The summed E-state index contributed by atoms with van der Waals surface area (Å²) in [5.41, 5.74) is -2.87. The van der Waals surface area contributed by atoms with Crippen molar-refractivity contribution in [3.63, 3.8) is 0 Å². The zero-order valence-electron chi connectivity index (χ0n) is 7.90. The lowest BCUT2D eigenvalue weighted by molar-refractivity contribution is -0.209. The van der Waals surface area contributed by atoms with Crippen LogP contribution in [0.4, 0.5) is 26.3 Å². The van der Waals surface area contributed by atoms with Crippen LogP contribution in [0.2, 0.25) is 5.02 Å². The van der Waals surface area contributed by atoms with Gasteiger partial charge in [-0.3, -0.25) is 0 Å². The predicted molar refractivity (Wildman–Crippen MR) is 47.5 cm³/mol. The highest BCUT2D eigenvalue weighted by Crippen LogP contribution is 2.41. The van der Waals surface area contributed by atoms with Crippen LogP contribution in [0.1, 0.15) is 17.2 Å². The summed E-state index contributed by atoms with van der Waals surface area (Å²) in [4.78, 5) is 0. The van der Waals surface area contributed by atoms with Crippen LogP contribution in [0.25, 0.3) is 0 Å². The van der Waals surface area contributed by atoms with Crippen LogP contribution in [0.5, 0.6) is 0 Å². The number of aliphatic hydroxyl groups excluding tert-OH is 1. The van der Waals surface area contributed by atoms with Crippen LogP contribution in [0.3, 0.4) is 0 Å². The number of hydrogen-bond donors (Lipinski definition) is 1. The second-order valence-corrected chi connectivity index (χ2v) is 3.61. The molecule has 1 aromatic rings. The van der Waals surface area contributed by atoms with Gasteiger partial charge in [0.2, 0.25) is 0 Å². The molecule has 0 aliphatic rings. The third-order valence-electron chi connectivity index (χ3n) is 1.93. The number of rotatable bonds is 1. The maximum absolute atomic E-state index is 12.4. The number of aliphatic hydroxyl groups is 1. The second kappa shape index (κ2) is 4.38. The summed E-state index contributed by atoms with van der Waals surface area (Å²) in [6.07, 6.45) is -13.4. The largest absolute Gasteiger partial charge is 0.418 e. The number of halogens is 7. The average Bonchev–Trinajstić information content (AvgIpc) is 2.14. The van der Waals surface area contributed by atoms with Gasteiger partial charge in [0, 0.05) is 10.6 Å². The molecule has 0 saturated carbocycles. The van der Waals surface area contributed by atoms with E-state index in [2.05, 4.69) is 0 Å². The van der Waals surface area contributed by atoms with Crippen LogP contribution in [0.15, 0.2) is 18.2 Å². The quantitative estimate of drug-likeness (QED) is 0.771. The Morgan fingerprint density at radius 3 is 2.00 bits per heavy atom. The third-order valence-corrected chi connectivity index (χ3v) is 2.16. The highest BCUT2D eigenvalue weighted by atomic mass is 35.5. The molecule has 0 heterocycles. The van der Waals surface area contributed by atoms with E-state index in [0.717, 1.165) is 6.07 Å². The van der Waals surface area contributed by atoms with E-state index in [0.29, 0.717) is 12.1 Å². The van der Waals surface area contributed by atoms with Gasteiger partial charge in [-0.25, -0.2) is 0 Å². The lowest BCUT2D eigenvalue weighted by atomic mass is 10.0. The minimum absolute atomic E-state index is 0.339. The number of benzene rings is 1. The van der Waals surface area contributed by atoms with Crippen molar-refractivity contribution >= 4 is 11.6 Å². The average molecular weight is 279 g/mol. The molecule has 1 nitrogen and oxygen atoms in total. The van der Waals surface area contributed by atoms with Crippen molar-refractivity contribution < 1.29 is 31.4 Å². The Morgan fingerprint density at radius 1 is 1.06 bits per heavy atom. The minimum Gasteiger partial charge on any atom is -0.379 e. The molecule has 1 rings (SSSR count). The van der Waals surface area contributed by atoms with E-state index in [4.69, 9.17) is 16.7 Å². The summed E-state index contributed by atoms with van der Waals surface area (Å²) in [5, 5.41) is 8.46. The molecule has 8 heteroatoms.